The molecule has 1 nitrogen and oxygen atoms in total. The summed E-state index contributed by atoms with van der Waals surface area (Å²) in [5, 5.41) is 1.96. The molecule has 1 saturated carbocycles. The number of hydrogen-bond donors (Lipinski definition) is 0. The molecule has 0 spiro atoms. The second kappa shape index (κ2) is 4.98. The second-order valence-electron chi connectivity index (χ2n) is 4.67. The number of rotatable bonds is 3. The second-order valence-corrected chi connectivity index (χ2v) is 6.50. The molecule has 18 heavy (non-hydrogen) atoms. The van der Waals surface area contributed by atoms with Crippen LogP contribution in [0.1, 0.15) is 46.0 Å². The van der Waals surface area contributed by atoms with Crippen LogP contribution in [0, 0.1) is 0 Å². The highest BCUT2D eigenvalue weighted by atomic mass is 79.9. The van der Waals surface area contributed by atoms with Crippen LogP contribution in [0.4, 0.5) is 0 Å². The molecule has 0 bridgehead atoms. The highest BCUT2D eigenvalue weighted by Gasteiger charge is 2.24. The van der Waals surface area contributed by atoms with Gasteiger partial charge in [0.1, 0.15) is 0 Å². The quantitative estimate of drug-likeness (QED) is 0.726. The van der Waals surface area contributed by atoms with E-state index in [1.165, 1.54) is 36.2 Å². The minimum Gasteiger partial charge on any atom is -0.288 e. The van der Waals surface area contributed by atoms with E-state index in [0.29, 0.717) is 5.92 Å². The maximum Gasteiger partial charge on any atom is 0.203 e. The molecule has 0 saturated heterocycles. The molecule has 0 aliphatic heterocycles. The SMILES string of the molecule is O=C(c1cc(Br)cs1)c1ccccc1C1CCC1. The molecular weight excluding hydrogens is 308 g/mol. The predicted molar refractivity (Wildman–Crippen MR) is 78.5 cm³/mol. The summed E-state index contributed by atoms with van der Waals surface area (Å²) in [4.78, 5) is 13.3. The zero-order valence-corrected chi connectivity index (χ0v) is 12.3. The Morgan fingerprint density at radius 3 is 2.67 bits per heavy atom. The van der Waals surface area contributed by atoms with E-state index in [1.807, 2.05) is 29.6 Å². The Kier molecular flexibility index (Phi) is 3.35. The molecule has 1 aliphatic rings. The standard InChI is InChI=1S/C15H13BrOS/c16-11-8-14(18-9-11)15(17)13-7-2-1-6-12(13)10-4-3-5-10/h1-2,6-10H,3-5H2. The fraction of sp³-hybridized carbons (Fsp3) is 0.267. The third kappa shape index (κ3) is 2.17. The third-order valence-corrected chi connectivity index (χ3v) is 5.23. The van der Waals surface area contributed by atoms with Crippen LogP contribution in [0.25, 0.3) is 0 Å². The first-order valence-corrected chi connectivity index (χ1v) is 7.80. The lowest BCUT2D eigenvalue weighted by molar-refractivity contribution is 0.104. The molecule has 3 rings (SSSR count). The van der Waals surface area contributed by atoms with Gasteiger partial charge in [0.05, 0.1) is 4.88 Å². The number of carbonyl (C=O) groups is 1. The highest BCUT2D eigenvalue weighted by Crippen LogP contribution is 2.38. The van der Waals surface area contributed by atoms with Crippen LogP contribution in [0.5, 0.6) is 0 Å². The zero-order valence-electron chi connectivity index (χ0n) is 9.86. The molecule has 0 radical (unpaired) electrons. The summed E-state index contributed by atoms with van der Waals surface area (Å²) >= 11 is 4.91. The van der Waals surface area contributed by atoms with Crippen molar-refractivity contribution in [1.82, 2.24) is 0 Å². The Labute approximate surface area is 119 Å². The number of hydrogen-bond acceptors (Lipinski definition) is 2. The summed E-state index contributed by atoms with van der Waals surface area (Å²) in [5.41, 5.74) is 2.12. The number of benzene rings is 1. The lowest BCUT2D eigenvalue weighted by Crippen LogP contribution is -2.13. The van der Waals surface area contributed by atoms with Gasteiger partial charge < -0.3 is 0 Å². The monoisotopic (exact) mass is 320 g/mol. The Bertz CT molecular complexity index is 584. The maximum atomic E-state index is 12.5. The van der Waals surface area contributed by atoms with Crippen LogP contribution in [-0.2, 0) is 0 Å². The van der Waals surface area contributed by atoms with Gasteiger partial charge in [0, 0.05) is 15.4 Å². The largest absolute Gasteiger partial charge is 0.288 e. The van der Waals surface area contributed by atoms with E-state index in [2.05, 4.69) is 22.0 Å². The Morgan fingerprint density at radius 1 is 1.28 bits per heavy atom. The third-order valence-electron chi connectivity index (χ3n) is 3.54. The Balaban J connectivity index is 1.98. The summed E-state index contributed by atoms with van der Waals surface area (Å²) in [6.45, 7) is 0. The average Bonchev–Trinajstić information content (AvgIpc) is 2.74. The van der Waals surface area contributed by atoms with Gasteiger partial charge in [0.2, 0.25) is 5.78 Å². The van der Waals surface area contributed by atoms with Crippen molar-refractivity contribution in [1.29, 1.82) is 0 Å². The summed E-state index contributed by atoms with van der Waals surface area (Å²) in [6, 6.07) is 9.97. The van der Waals surface area contributed by atoms with Crippen molar-refractivity contribution in [2.24, 2.45) is 0 Å². The molecule has 1 aromatic carbocycles. The molecule has 0 amide bonds. The molecule has 0 N–H and O–H groups in total. The minimum atomic E-state index is 0.160. The van der Waals surface area contributed by atoms with E-state index in [1.54, 1.807) is 0 Å². The number of thiophene rings is 1. The van der Waals surface area contributed by atoms with E-state index >= 15 is 0 Å². The van der Waals surface area contributed by atoms with E-state index in [0.717, 1.165) is 14.9 Å². The normalized spacial score (nSPS) is 15.4. The molecular formula is C15H13BrOS. The van der Waals surface area contributed by atoms with Crippen molar-refractivity contribution >= 4 is 33.0 Å². The van der Waals surface area contributed by atoms with Gasteiger partial charge in [0.15, 0.2) is 0 Å². The van der Waals surface area contributed by atoms with Gasteiger partial charge in [-0.3, -0.25) is 4.79 Å². The van der Waals surface area contributed by atoms with Crippen molar-refractivity contribution < 1.29 is 4.79 Å². The van der Waals surface area contributed by atoms with Gasteiger partial charge in [-0.2, -0.15) is 0 Å². The van der Waals surface area contributed by atoms with E-state index in [4.69, 9.17) is 0 Å². The van der Waals surface area contributed by atoms with Crippen molar-refractivity contribution in [3.8, 4) is 0 Å². The van der Waals surface area contributed by atoms with Gasteiger partial charge in [-0.1, -0.05) is 30.7 Å². The molecule has 3 heteroatoms. The maximum absolute atomic E-state index is 12.5. The summed E-state index contributed by atoms with van der Waals surface area (Å²) in [6.07, 6.45) is 3.73. The molecule has 2 aromatic rings. The molecule has 1 aliphatic carbocycles. The Morgan fingerprint density at radius 2 is 2.06 bits per heavy atom. The summed E-state index contributed by atoms with van der Waals surface area (Å²) in [5.74, 6) is 0.752. The number of ketones is 1. The van der Waals surface area contributed by atoms with Gasteiger partial charge in [0.25, 0.3) is 0 Å². The molecule has 1 aromatic heterocycles. The van der Waals surface area contributed by atoms with Crippen molar-refractivity contribution in [3.63, 3.8) is 0 Å². The van der Waals surface area contributed by atoms with Crippen LogP contribution in [0.2, 0.25) is 0 Å². The zero-order chi connectivity index (χ0) is 12.5. The lowest BCUT2D eigenvalue weighted by atomic mass is 9.77. The minimum absolute atomic E-state index is 0.160. The van der Waals surface area contributed by atoms with Crippen LogP contribution in [0.3, 0.4) is 0 Å². The van der Waals surface area contributed by atoms with Crippen molar-refractivity contribution in [2.75, 3.05) is 0 Å². The fourth-order valence-electron chi connectivity index (χ4n) is 2.34. The first-order chi connectivity index (χ1) is 8.75. The predicted octanol–water partition coefficient (Wildman–Crippen LogP) is 5.01. The first-order valence-electron chi connectivity index (χ1n) is 6.13. The van der Waals surface area contributed by atoms with E-state index < -0.39 is 0 Å². The number of halogens is 1. The van der Waals surface area contributed by atoms with Crippen LogP contribution < -0.4 is 0 Å². The molecule has 92 valence electrons. The van der Waals surface area contributed by atoms with Crippen LogP contribution in [0.15, 0.2) is 40.2 Å². The van der Waals surface area contributed by atoms with Crippen molar-refractivity contribution in [3.05, 3.63) is 56.2 Å². The molecule has 0 atom stereocenters. The molecule has 0 unspecified atom stereocenters. The highest BCUT2D eigenvalue weighted by molar-refractivity contribution is 9.10. The topological polar surface area (TPSA) is 17.1 Å². The van der Waals surface area contributed by atoms with Gasteiger partial charge >= 0.3 is 0 Å². The molecule has 1 heterocycles. The van der Waals surface area contributed by atoms with Crippen molar-refractivity contribution in [2.45, 2.75) is 25.2 Å². The van der Waals surface area contributed by atoms with E-state index in [-0.39, 0.29) is 5.78 Å². The average molecular weight is 321 g/mol. The van der Waals surface area contributed by atoms with Crippen LogP contribution >= 0.6 is 27.3 Å². The van der Waals surface area contributed by atoms with Gasteiger partial charge in [-0.05, 0) is 46.3 Å². The number of carbonyl (C=O) groups excluding carboxylic acids is 1. The molecule has 1 fully saturated rings. The first kappa shape index (κ1) is 12.1. The Hall–Kier alpha value is -0.930. The van der Waals surface area contributed by atoms with Crippen LogP contribution in [-0.4, -0.2) is 5.78 Å². The summed E-state index contributed by atoms with van der Waals surface area (Å²) < 4.78 is 0.983. The lowest BCUT2D eigenvalue weighted by Gasteiger charge is -2.27. The fourth-order valence-corrected chi connectivity index (χ4v) is 3.72. The van der Waals surface area contributed by atoms with E-state index in [9.17, 15) is 4.79 Å². The summed E-state index contributed by atoms with van der Waals surface area (Å²) in [7, 11) is 0. The van der Waals surface area contributed by atoms with Gasteiger partial charge in [-0.15, -0.1) is 11.3 Å². The smallest absolute Gasteiger partial charge is 0.203 e. The van der Waals surface area contributed by atoms with Gasteiger partial charge in [-0.25, -0.2) is 0 Å².